The van der Waals surface area contributed by atoms with Gasteiger partial charge in [-0.1, -0.05) is 72.6 Å². The van der Waals surface area contributed by atoms with E-state index in [2.05, 4.69) is 27.7 Å². The molecule has 0 aromatic heterocycles. The highest BCUT2D eigenvalue weighted by molar-refractivity contribution is 5.70. The van der Waals surface area contributed by atoms with Gasteiger partial charge in [0, 0.05) is 0 Å². The Kier molecular flexibility index (Phi) is 10.1. The minimum atomic E-state index is -0.0505. The monoisotopic (exact) mass is 256 g/mol. The molecule has 0 aliphatic rings. The molecule has 0 bridgehead atoms. The number of hydrogen-bond donors (Lipinski definition) is 0. The van der Waals surface area contributed by atoms with Crippen LogP contribution in [0.2, 0.25) is 0 Å². The largest absolute Gasteiger partial charge is 0.466 e. The second kappa shape index (κ2) is 10.4. The lowest BCUT2D eigenvalue weighted by molar-refractivity contribution is -0.145. The Labute approximate surface area is 113 Å². The van der Waals surface area contributed by atoms with Gasteiger partial charge in [0.15, 0.2) is 0 Å². The van der Waals surface area contributed by atoms with E-state index in [-0.39, 0.29) is 11.4 Å². The molecule has 0 aromatic rings. The van der Waals surface area contributed by atoms with Crippen molar-refractivity contribution < 1.29 is 9.53 Å². The number of carbonyl (C=O) groups is 1. The lowest BCUT2D eigenvalue weighted by Gasteiger charge is -2.16. The van der Waals surface area contributed by atoms with Gasteiger partial charge in [-0.05, 0) is 11.8 Å². The van der Waals surface area contributed by atoms with Gasteiger partial charge in [-0.3, -0.25) is 4.79 Å². The molecule has 2 nitrogen and oxygen atoms in total. The number of ether oxygens (including phenoxy) is 1. The molecule has 0 N–H and O–H groups in total. The predicted molar refractivity (Wildman–Crippen MR) is 77.6 cm³/mol. The van der Waals surface area contributed by atoms with Crippen LogP contribution in [0.4, 0.5) is 0 Å². The summed E-state index contributed by atoms with van der Waals surface area (Å²) in [5.74, 6) is -0.0505. The zero-order valence-corrected chi connectivity index (χ0v) is 12.9. The fraction of sp³-hybridized carbons (Fsp3) is 0.938. The summed E-state index contributed by atoms with van der Waals surface area (Å²) in [4.78, 5) is 11.4. The van der Waals surface area contributed by atoms with E-state index >= 15 is 0 Å². The highest BCUT2D eigenvalue weighted by Gasteiger charge is 2.16. The van der Waals surface area contributed by atoms with Crippen LogP contribution in [0.25, 0.3) is 0 Å². The summed E-state index contributed by atoms with van der Waals surface area (Å²) >= 11 is 0. The number of unbranched alkanes of at least 4 members (excludes halogenated alkanes) is 7. The molecule has 0 aliphatic carbocycles. The van der Waals surface area contributed by atoms with Gasteiger partial charge in [-0.15, -0.1) is 0 Å². The van der Waals surface area contributed by atoms with Crippen LogP contribution in [0, 0.1) is 5.41 Å². The summed E-state index contributed by atoms with van der Waals surface area (Å²) in [5, 5.41) is 0. The van der Waals surface area contributed by atoms with E-state index in [1.165, 1.54) is 44.9 Å². The third-order valence-corrected chi connectivity index (χ3v) is 2.94. The molecule has 18 heavy (non-hydrogen) atoms. The Bertz CT molecular complexity index is 204. The molecule has 0 saturated heterocycles. The molecule has 0 atom stereocenters. The Morgan fingerprint density at radius 3 is 1.89 bits per heavy atom. The van der Waals surface area contributed by atoms with Crippen LogP contribution in [0.3, 0.4) is 0 Å². The van der Waals surface area contributed by atoms with Crippen molar-refractivity contribution in [2.45, 2.75) is 85.5 Å². The SMILES string of the molecule is CCCCCCCCCCOC(=O)CC(C)(C)C. The van der Waals surface area contributed by atoms with Gasteiger partial charge in [0.1, 0.15) is 0 Å². The molecule has 2 heteroatoms. The van der Waals surface area contributed by atoms with Crippen molar-refractivity contribution in [1.82, 2.24) is 0 Å². The van der Waals surface area contributed by atoms with Gasteiger partial charge < -0.3 is 4.74 Å². The van der Waals surface area contributed by atoms with Crippen molar-refractivity contribution in [3.63, 3.8) is 0 Å². The maximum absolute atomic E-state index is 11.4. The molecule has 0 heterocycles. The average Bonchev–Trinajstić information content (AvgIpc) is 2.24. The molecular formula is C16H32O2. The number of esters is 1. The van der Waals surface area contributed by atoms with Crippen LogP contribution in [-0.2, 0) is 9.53 Å². The van der Waals surface area contributed by atoms with Gasteiger partial charge in [-0.2, -0.15) is 0 Å². The molecule has 0 amide bonds. The van der Waals surface area contributed by atoms with Crippen molar-refractivity contribution in [2.75, 3.05) is 6.61 Å². The number of hydrogen-bond acceptors (Lipinski definition) is 2. The van der Waals surface area contributed by atoms with Crippen molar-refractivity contribution in [3.8, 4) is 0 Å². The van der Waals surface area contributed by atoms with Gasteiger partial charge in [0.05, 0.1) is 13.0 Å². The fourth-order valence-electron chi connectivity index (χ4n) is 1.91. The minimum Gasteiger partial charge on any atom is -0.466 e. The van der Waals surface area contributed by atoms with E-state index in [4.69, 9.17) is 4.74 Å². The first kappa shape index (κ1) is 17.5. The summed E-state index contributed by atoms with van der Waals surface area (Å²) < 4.78 is 5.22. The molecule has 0 fully saturated rings. The third kappa shape index (κ3) is 13.5. The molecule has 0 aromatic carbocycles. The van der Waals surface area contributed by atoms with E-state index in [0.29, 0.717) is 13.0 Å². The number of carbonyl (C=O) groups excluding carboxylic acids is 1. The zero-order valence-electron chi connectivity index (χ0n) is 12.9. The van der Waals surface area contributed by atoms with E-state index in [0.717, 1.165) is 6.42 Å². The van der Waals surface area contributed by atoms with Crippen LogP contribution in [0.15, 0.2) is 0 Å². The van der Waals surface area contributed by atoms with Gasteiger partial charge in [-0.25, -0.2) is 0 Å². The molecule has 0 radical (unpaired) electrons. The second-order valence-corrected chi connectivity index (χ2v) is 6.43. The molecule has 0 rings (SSSR count). The summed E-state index contributed by atoms with van der Waals surface area (Å²) in [6.45, 7) is 9.02. The Morgan fingerprint density at radius 2 is 1.39 bits per heavy atom. The molecule has 0 aliphatic heterocycles. The van der Waals surface area contributed by atoms with Crippen molar-refractivity contribution in [1.29, 1.82) is 0 Å². The standard InChI is InChI=1S/C16H32O2/c1-5-6-7-8-9-10-11-12-13-18-15(17)14-16(2,3)4/h5-14H2,1-4H3. The summed E-state index contributed by atoms with van der Waals surface area (Å²) in [5.41, 5.74) is 0.0381. The minimum absolute atomic E-state index is 0.0381. The first-order chi connectivity index (χ1) is 8.45. The van der Waals surface area contributed by atoms with E-state index in [1.54, 1.807) is 0 Å². The Hall–Kier alpha value is -0.530. The van der Waals surface area contributed by atoms with Crippen molar-refractivity contribution >= 4 is 5.97 Å². The lowest BCUT2D eigenvalue weighted by Crippen LogP contribution is -2.15. The Balaban J connectivity index is 3.23. The highest BCUT2D eigenvalue weighted by atomic mass is 16.5. The topological polar surface area (TPSA) is 26.3 Å². The predicted octanol–water partition coefficient (Wildman–Crippen LogP) is 5.11. The van der Waals surface area contributed by atoms with Crippen LogP contribution < -0.4 is 0 Å². The van der Waals surface area contributed by atoms with Gasteiger partial charge in [0.25, 0.3) is 0 Å². The molecule has 0 spiro atoms. The Morgan fingerprint density at radius 1 is 0.889 bits per heavy atom. The normalized spacial score (nSPS) is 11.6. The fourth-order valence-corrected chi connectivity index (χ4v) is 1.91. The summed E-state index contributed by atoms with van der Waals surface area (Å²) in [6.07, 6.45) is 10.7. The summed E-state index contributed by atoms with van der Waals surface area (Å²) in [6, 6.07) is 0. The zero-order chi connectivity index (χ0) is 13.9. The molecule has 108 valence electrons. The van der Waals surface area contributed by atoms with Crippen LogP contribution in [0.1, 0.15) is 85.5 Å². The third-order valence-electron chi connectivity index (χ3n) is 2.94. The maximum Gasteiger partial charge on any atom is 0.306 e. The van der Waals surface area contributed by atoms with E-state index < -0.39 is 0 Å². The first-order valence-electron chi connectivity index (χ1n) is 7.61. The number of rotatable bonds is 10. The van der Waals surface area contributed by atoms with E-state index in [9.17, 15) is 4.79 Å². The maximum atomic E-state index is 11.4. The van der Waals surface area contributed by atoms with E-state index in [1.807, 2.05) is 0 Å². The highest BCUT2D eigenvalue weighted by Crippen LogP contribution is 2.19. The van der Waals surface area contributed by atoms with Crippen LogP contribution >= 0.6 is 0 Å². The van der Waals surface area contributed by atoms with Gasteiger partial charge in [0.2, 0.25) is 0 Å². The second-order valence-electron chi connectivity index (χ2n) is 6.43. The smallest absolute Gasteiger partial charge is 0.306 e. The van der Waals surface area contributed by atoms with Crippen molar-refractivity contribution in [2.24, 2.45) is 5.41 Å². The quantitative estimate of drug-likeness (QED) is 0.401. The van der Waals surface area contributed by atoms with Crippen LogP contribution in [-0.4, -0.2) is 12.6 Å². The molecular weight excluding hydrogens is 224 g/mol. The van der Waals surface area contributed by atoms with Gasteiger partial charge >= 0.3 is 5.97 Å². The lowest BCUT2D eigenvalue weighted by atomic mass is 9.92. The molecule has 0 unspecified atom stereocenters. The van der Waals surface area contributed by atoms with Crippen LogP contribution in [0.5, 0.6) is 0 Å². The summed E-state index contributed by atoms with van der Waals surface area (Å²) in [7, 11) is 0. The average molecular weight is 256 g/mol. The molecule has 0 saturated carbocycles. The van der Waals surface area contributed by atoms with Crippen molar-refractivity contribution in [3.05, 3.63) is 0 Å². The first-order valence-corrected chi connectivity index (χ1v) is 7.61.